The topological polar surface area (TPSA) is 57.8 Å². The van der Waals surface area contributed by atoms with E-state index in [1.54, 1.807) is 0 Å². The number of furan rings is 1. The smallest absolute Gasteiger partial charge is 0.336 e. The van der Waals surface area contributed by atoms with Gasteiger partial charge in [-0.25, -0.2) is 0 Å². The van der Waals surface area contributed by atoms with Crippen molar-refractivity contribution >= 4 is 214 Å². The second kappa shape index (κ2) is 18.3. The normalized spacial score (nSPS) is 14.5. The molecule has 109 heavy (non-hydrogen) atoms. The maximum Gasteiger partial charge on any atom is 0.336 e. The molecule has 0 atom stereocenters. The Balaban J connectivity index is 0.656. The van der Waals surface area contributed by atoms with Crippen LogP contribution >= 0.6 is 0 Å². The summed E-state index contributed by atoms with van der Waals surface area (Å²) in [5, 5.41) is 12.3. The number of anilines is 6. The lowest BCUT2D eigenvalue weighted by molar-refractivity contribution is 0.424. The molecule has 0 unspecified atom stereocenters. The van der Waals surface area contributed by atoms with E-state index in [0.717, 1.165) is 100 Å². The van der Waals surface area contributed by atoms with Crippen LogP contribution in [0.1, 0.15) is 0 Å². The van der Waals surface area contributed by atoms with E-state index in [-0.39, 0.29) is 27.4 Å². The van der Waals surface area contributed by atoms with E-state index in [1.807, 2.05) is 0 Å². The van der Waals surface area contributed by atoms with Gasteiger partial charge in [0.15, 0.2) is 11.5 Å². The minimum absolute atomic E-state index is 0.0463. The zero-order valence-corrected chi connectivity index (χ0v) is 57.9. The van der Waals surface area contributed by atoms with Crippen LogP contribution in [-0.4, -0.2) is 45.3 Å². The monoisotopic (exact) mass is 1380 g/mol. The van der Waals surface area contributed by atoms with Gasteiger partial charge in [0.2, 0.25) is 0 Å². The zero-order valence-electron chi connectivity index (χ0n) is 57.9. The first kappa shape index (κ1) is 54.6. The van der Waals surface area contributed by atoms with Gasteiger partial charge < -0.3 is 41.6 Å². The number of benzene rings is 16. The second-order valence-corrected chi connectivity index (χ2v) is 31.4. The Hall–Kier alpha value is -14.0. The van der Waals surface area contributed by atoms with Crippen LogP contribution in [0.25, 0.3) is 165 Å². The van der Waals surface area contributed by atoms with Gasteiger partial charge in [-0.3, -0.25) is 0 Å². The summed E-state index contributed by atoms with van der Waals surface area (Å²) in [6.07, 6.45) is 0. The molecule has 0 saturated heterocycles. The fourth-order valence-electron chi connectivity index (χ4n) is 23.1. The Labute approximate surface area is 621 Å². The van der Waals surface area contributed by atoms with Gasteiger partial charge in [-0.05, 0) is 163 Å². The Kier molecular flexibility index (Phi) is 9.14. The molecule has 16 aromatic carbocycles. The summed E-state index contributed by atoms with van der Waals surface area (Å²) in [5.74, 6) is 3.28. The van der Waals surface area contributed by atoms with Crippen molar-refractivity contribution in [2.24, 2.45) is 0 Å². The van der Waals surface area contributed by atoms with E-state index in [4.69, 9.17) is 13.9 Å². The number of rotatable bonds is 3. The predicted octanol–water partition coefficient (Wildman–Crippen LogP) is 18.3. The molecule has 30 rings (SSSR count). The number of hydrogen-bond acceptors (Lipinski definition) is 5. The molecule has 5 aromatic heterocycles. The Morgan fingerprint density at radius 2 is 0.771 bits per heavy atom. The van der Waals surface area contributed by atoms with E-state index >= 15 is 0 Å². The maximum atomic E-state index is 7.42. The van der Waals surface area contributed by atoms with Crippen molar-refractivity contribution in [1.29, 1.82) is 0 Å². The van der Waals surface area contributed by atoms with E-state index in [0.29, 0.717) is 0 Å². The molecule has 21 aromatic rings. The highest BCUT2D eigenvalue weighted by atomic mass is 16.5. The molecular formula is C96H48B4N6O3. The Bertz CT molecular complexity index is 8130. The molecular weight excluding hydrogens is 1330 g/mol. The zero-order chi connectivity index (χ0) is 69.5. The first-order chi connectivity index (χ1) is 54.2. The highest BCUT2D eigenvalue weighted by Crippen LogP contribution is 2.59. The van der Waals surface area contributed by atoms with Crippen molar-refractivity contribution in [2.45, 2.75) is 0 Å². The number of fused-ring (bicyclic) bond motifs is 28. The molecule has 492 valence electrons. The SMILES string of the molecule is c1ccc(N2c3cccc4c3B3c5c2cc2c6c5-c5c7c(cc8c9cccc-4c9n3c58)c3ccccc3n7B6c3ccc4oc5cc(-c6ccc7c(c6)c6cccc8c6n7B6c7ccccc7Oc7c9c%10c(c-8c76)-c6cccc7c8ccccc8n(c67)B%10c6ccccc6O9)ccc5c4c3N2c2ccccc2)cc1. The summed E-state index contributed by atoms with van der Waals surface area (Å²) >= 11 is 0. The van der Waals surface area contributed by atoms with Gasteiger partial charge in [0, 0.05) is 154 Å². The number of aromatic nitrogens is 4. The van der Waals surface area contributed by atoms with Gasteiger partial charge in [-0.1, -0.05) is 194 Å². The minimum Gasteiger partial charge on any atom is -0.456 e. The molecule has 13 heteroatoms. The third-order valence-corrected chi connectivity index (χ3v) is 26.8. The summed E-state index contributed by atoms with van der Waals surface area (Å²) in [6, 6.07) is 110. The number of hydrogen-bond donors (Lipinski definition) is 0. The Morgan fingerprint density at radius 1 is 0.257 bits per heavy atom. The van der Waals surface area contributed by atoms with Crippen LogP contribution in [0.4, 0.5) is 34.1 Å². The molecule has 0 bridgehead atoms. The number of para-hydroxylation sites is 9. The lowest BCUT2D eigenvalue weighted by Crippen LogP contribution is -2.64. The van der Waals surface area contributed by atoms with Crippen LogP contribution in [0, 0.1) is 0 Å². The highest BCUT2D eigenvalue weighted by molar-refractivity contribution is 6.97. The molecule has 0 aliphatic carbocycles. The summed E-state index contributed by atoms with van der Waals surface area (Å²) in [4.78, 5) is 5.21. The van der Waals surface area contributed by atoms with Crippen LogP contribution in [0.3, 0.4) is 0 Å². The largest absolute Gasteiger partial charge is 0.456 e. The molecule has 0 radical (unpaired) electrons. The molecule has 0 N–H and O–H groups in total. The van der Waals surface area contributed by atoms with Gasteiger partial charge in [-0.2, -0.15) is 0 Å². The standard InChI is InChI=1S/C96H48B4N6O3/c1-3-19-51(20-4-1)101-72-36-18-25-55-57-27-15-29-59-65-47-64-54-24-8-12-35-70(54)105-92(64)83-82-85-74(48-73(101)86(82)100(84(55)72)106(89(57)59)93(65)83)102(52-21-5-2-6-22-52)94-68(99(85)105)42-44-77-79(94)60-41-39-50(46-78(60)107-77)49-40-43-71-63(45-49)58-28-17-31-62-81-80-61-30-16-26-56-53-23-7-11-34-69(53)103(90(56)61)97-66-32-9-13-37-75(66)108-95(87(80)97)96-88(81)98(104(71)91(58)62)67-33-10-14-38-76(67)109-96/h1-48H. The average molecular weight is 1380 g/mol. The van der Waals surface area contributed by atoms with E-state index in [2.05, 4.69) is 319 Å². The molecule has 14 heterocycles. The van der Waals surface area contributed by atoms with Gasteiger partial charge in [-0.15, -0.1) is 0 Å². The van der Waals surface area contributed by atoms with E-state index in [9.17, 15) is 0 Å². The van der Waals surface area contributed by atoms with Crippen LogP contribution in [0.2, 0.25) is 0 Å². The molecule has 9 aliphatic heterocycles. The molecule has 9 aliphatic rings. The molecule has 0 saturated carbocycles. The Morgan fingerprint density at radius 3 is 1.49 bits per heavy atom. The van der Waals surface area contributed by atoms with Crippen molar-refractivity contribution < 1.29 is 13.9 Å². The fourth-order valence-corrected chi connectivity index (χ4v) is 23.1. The lowest BCUT2D eigenvalue weighted by atomic mass is 9.38. The van der Waals surface area contributed by atoms with Gasteiger partial charge in [0.25, 0.3) is 0 Å². The average Bonchev–Trinajstić information content (AvgIpc) is 1.56. The van der Waals surface area contributed by atoms with Gasteiger partial charge in [0.1, 0.15) is 22.7 Å². The van der Waals surface area contributed by atoms with Crippen molar-refractivity contribution in [3.8, 4) is 78.6 Å². The maximum absolute atomic E-state index is 7.42. The minimum atomic E-state index is -0.231. The molecule has 0 amide bonds. The fraction of sp³-hybridized carbons (Fsp3) is 0. The predicted molar refractivity (Wildman–Crippen MR) is 451 cm³/mol. The van der Waals surface area contributed by atoms with Crippen LogP contribution in [0.5, 0.6) is 23.0 Å². The number of nitrogens with zero attached hydrogens (tertiary/aromatic N) is 6. The quantitative estimate of drug-likeness (QED) is 0.165. The van der Waals surface area contributed by atoms with Crippen LogP contribution in [0.15, 0.2) is 296 Å². The summed E-state index contributed by atoms with van der Waals surface area (Å²) in [6.45, 7) is -0.639. The molecule has 9 nitrogen and oxygen atoms in total. The van der Waals surface area contributed by atoms with Crippen molar-refractivity contribution in [2.75, 3.05) is 9.80 Å². The van der Waals surface area contributed by atoms with Crippen molar-refractivity contribution in [3.05, 3.63) is 291 Å². The van der Waals surface area contributed by atoms with Gasteiger partial charge >= 0.3 is 27.4 Å². The van der Waals surface area contributed by atoms with E-state index < -0.39 is 0 Å². The number of ether oxygens (including phenoxy) is 2. The summed E-state index contributed by atoms with van der Waals surface area (Å²) < 4.78 is 33.0. The summed E-state index contributed by atoms with van der Waals surface area (Å²) in [7, 11) is 0. The lowest BCUT2D eigenvalue weighted by Gasteiger charge is -2.48. The third kappa shape index (κ3) is 5.97. The van der Waals surface area contributed by atoms with E-state index in [1.165, 1.54) is 165 Å². The third-order valence-electron chi connectivity index (χ3n) is 26.8. The van der Waals surface area contributed by atoms with Crippen LogP contribution < -0.4 is 63.0 Å². The van der Waals surface area contributed by atoms with Crippen molar-refractivity contribution in [3.63, 3.8) is 0 Å². The second-order valence-electron chi connectivity index (χ2n) is 31.4. The first-order valence-electron chi connectivity index (χ1n) is 38.1. The van der Waals surface area contributed by atoms with Gasteiger partial charge in [0.05, 0.1) is 11.1 Å². The first-order valence-corrected chi connectivity index (χ1v) is 38.1. The summed E-state index contributed by atoms with van der Waals surface area (Å²) in [5.41, 5.74) is 41.0. The van der Waals surface area contributed by atoms with Crippen molar-refractivity contribution in [1.82, 2.24) is 17.9 Å². The molecule has 0 fully saturated rings. The molecule has 0 spiro atoms. The van der Waals surface area contributed by atoms with Crippen LogP contribution in [-0.2, 0) is 0 Å². The highest BCUT2D eigenvalue weighted by Gasteiger charge is 2.55.